The van der Waals surface area contributed by atoms with Gasteiger partial charge in [-0.2, -0.15) is 11.3 Å². The first kappa shape index (κ1) is 15.9. The molecule has 8 heteroatoms. The van der Waals surface area contributed by atoms with Crippen LogP contribution in [-0.4, -0.2) is 22.0 Å². The van der Waals surface area contributed by atoms with Crippen molar-refractivity contribution < 1.29 is 14.0 Å². The van der Waals surface area contributed by atoms with Gasteiger partial charge in [-0.3, -0.25) is 20.4 Å². The van der Waals surface area contributed by atoms with Gasteiger partial charge in [-0.25, -0.2) is 0 Å². The Balaban J connectivity index is 1.45. The molecule has 2 N–H and O–H groups in total. The van der Waals surface area contributed by atoms with Gasteiger partial charge < -0.3 is 4.42 Å². The highest BCUT2D eigenvalue weighted by Crippen LogP contribution is 2.20. The van der Waals surface area contributed by atoms with Crippen molar-refractivity contribution >= 4 is 23.2 Å². The minimum atomic E-state index is -0.374. The number of thiophene rings is 1. The first-order valence-corrected chi connectivity index (χ1v) is 8.16. The van der Waals surface area contributed by atoms with Gasteiger partial charge in [-0.1, -0.05) is 18.2 Å². The molecule has 7 nitrogen and oxygen atoms in total. The fourth-order valence-corrected chi connectivity index (χ4v) is 2.56. The zero-order valence-corrected chi connectivity index (χ0v) is 13.4. The maximum atomic E-state index is 11.8. The van der Waals surface area contributed by atoms with Crippen molar-refractivity contribution in [3.8, 4) is 11.5 Å². The second-order valence-corrected chi connectivity index (χ2v) is 5.66. The fraction of sp³-hybridized carbons (Fsp3) is 0.125. The largest absolute Gasteiger partial charge is 0.421 e. The number of amides is 2. The lowest BCUT2D eigenvalue weighted by Crippen LogP contribution is -2.41. The number of aromatic nitrogens is 2. The summed E-state index contributed by atoms with van der Waals surface area (Å²) in [4.78, 5) is 23.6. The number of nitrogens with one attached hydrogen (secondary N) is 2. The van der Waals surface area contributed by atoms with Crippen LogP contribution in [0.25, 0.3) is 11.5 Å². The van der Waals surface area contributed by atoms with E-state index in [1.54, 1.807) is 24.3 Å². The van der Waals surface area contributed by atoms with Crippen LogP contribution in [-0.2, 0) is 11.2 Å². The highest BCUT2D eigenvalue weighted by atomic mass is 32.1. The Labute approximate surface area is 141 Å². The number of aryl methyl sites for hydroxylation is 1. The van der Waals surface area contributed by atoms with Crippen molar-refractivity contribution in [2.75, 3.05) is 0 Å². The second kappa shape index (κ2) is 7.51. The Morgan fingerprint density at radius 3 is 2.67 bits per heavy atom. The van der Waals surface area contributed by atoms with E-state index in [0.717, 1.165) is 5.56 Å². The number of hydrogen-bond acceptors (Lipinski definition) is 6. The van der Waals surface area contributed by atoms with Crippen molar-refractivity contribution in [2.45, 2.75) is 12.8 Å². The molecule has 0 spiro atoms. The third-order valence-corrected chi connectivity index (χ3v) is 3.84. The standard InChI is InChI=1S/C16H14N4O3S/c21-13(17-19-15(22)11-4-2-1-3-5-11)6-7-14-18-20-16(23-14)12-8-9-24-10-12/h1-5,8-10H,6-7H2,(H,17,21)(H,19,22). The van der Waals surface area contributed by atoms with E-state index in [2.05, 4.69) is 21.0 Å². The first-order chi connectivity index (χ1) is 11.7. The summed E-state index contributed by atoms with van der Waals surface area (Å²) in [6, 6.07) is 10.5. The van der Waals surface area contributed by atoms with Gasteiger partial charge in [-0.15, -0.1) is 10.2 Å². The number of hydrogen-bond donors (Lipinski definition) is 2. The number of rotatable bonds is 5. The van der Waals surface area contributed by atoms with Crippen molar-refractivity contribution in [2.24, 2.45) is 0 Å². The predicted molar refractivity (Wildman–Crippen MR) is 88.0 cm³/mol. The van der Waals surface area contributed by atoms with Gasteiger partial charge in [0.2, 0.25) is 17.7 Å². The molecule has 0 bridgehead atoms. The first-order valence-electron chi connectivity index (χ1n) is 7.21. The van der Waals surface area contributed by atoms with E-state index in [4.69, 9.17) is 4.42 Å². The summed E-state index contributed by atoms with van der Waals surface area (Å²) in [5.41, 5.74) is 6.04. The minimum Gasteiger partial charge on any atom is -0.421 e. The van der Waals surface area contributed by atoms with E-state index < -0.39 is 0 Å². The molecule has 3 aromatic rings. The molecule has 24 heavy (non-hydrogen) atoms. The molecule has 2 aromatic heterocycles. The van der Waals surface area contributed by atoms with Gasteiger partial charge in [0.1, 0.15) is 0 Å². The molecule has 0 saturated carbocycles. The summed E-state index contributed by atoms with van der Waals surface area (Å²) in [5, 5.41) is 11.7. The number of hydrazine groups is 1. The maximum absolute atomic E-state index is 11.8. The van der Waals surface area contributed by atoms with E-state index in [1.807, 2.05) is 22.9 Å². The molecule has 0 saturated heterocycles. The van der Waals surface area contributed by atoms with E-state index >= 15 is 0 Å². The van der Waals surface area contributed by atoms with Crippen LogP contribution in [0, 0.1) is 0 Å². The van der Waals surface area contributed by atoms with Gasteiger partial charge in [0.05, 0.1) is 0 Å². The molecule has 122 valence electrons. The lowest BCUT2D eigenvalue weighted by molar-refractivity contribution is -0.121. The van der Waals surface area contributed by atoms with E-state index in [-0.39, 0.29) is 18.2 Å². The minimum absolute atomic E-state index is 0.125. The van der Waals surface area contributed by atoms with Crippen LogP contribution in [0.3, 0.4) is 0 Å². The Kier molecular flexibility index (Phi) is 4.97. The van der Waals surface area contributed by atoms with Crippen LogP contribution >= 0.6 is 11.3 Å². The van der Waals surface area contributed by atoms with Gasteiger partial charge in [0.15, 0.2) is 0 Å². The molecule has 0 radical (unpaired) electrons. The summed E-state index contributed by atoms with van der Waals surface area (Å²) in [6.45, 7) is 0. The zero-order valence-electron chi connectivity index (χ0n) is 12.6. The van der Waals surface area contributed by atoms with Crippen LogP contribution < -0.4 is 10.9 Å². The Bertz CT molecular complexity index is 815. The highest BCUT2D eigenvalue weighted by molar-refractivity contribution is 7.08. The van der Waals surface area contributed by atoms with E-state index in [1.165, 1.54) is 11.3 Å². The van der Waals surface area contributed by atoms with Crippen LogP contribution in [0.1, 0.15) is 22.7 Å². The zero-order chi connectivity index (χ0) is 16.8. The molecule has 2 amide bonds. The molecule has 0 atom stereocenters. The van der Waals surface area contributed by atoms with E-state index in [0.29, 0.717) is 23.8 Å². The summed E-state index contributed by atoms with van der Waals surface area (Å²) in [7, 11) is 0. The van der Waals surface area contributed by atoms with Gasteiger partial charge >= 0.3 is 0 Å². The van der Waals surface area contributed by atoms with E-state index in [9.17, 15) is 9.59 Å². The monoisotopic (exact) mass is 342 g/mol. The van der Waals surface area contributed by atoms with Crippen molar-refractivity contribution in [3.63, 3.8) is 0 Å². The van der Waals surface area contributed by atoms with Gasteiger partial charge in [0, 0.05) is 29.3 Å². The molecule has 0 unspecified atom stereocenters. The Morgan fingerprint density at radius 1 is 1.08 bits per heavy atom. The fourth-order valence-electron chi connectivity index (χ4n) is 1.93. The third kappa shape index (κ3) is 4.05. The topological polar surface area (TPSA) is 97.1 Å². The lowest BCUT2D eigenvalue weighted by atomic mass is 10.2. The summed E-state index contributed by atoms with van der Waals surface area (Å²) >= 11 is 1.54. The Hall–Kier alpha value is -3.00. The van der Waals surface area contributed by atoms with Crippen LogP contribution in [0.4, 0.5) is 0 Å². The average molecular weight is 342 g/mol. The average Bonchev–Trinajstić information content (AvgIpc) is 3.29. The van der Waals surface area contributed by atoms with Crippen LogP contribution in [0.5, 0.6) is 0 Å². The third-order valence-electron chi connectivity index (χ3n) is 3.15. The molecular formula is C16H14N4O3S. The molecule has 3 rings (SSSR count). The van der Waals surface area contributed by atoms with Crippen LogP contribution in [0.2, 0.25) is 0 Å². The second-order valence-electron chi connectivity index (χ2n) is 4.88. The Morgan fingerprint density at radius 2 is 1.92 bits per heavy atom. The highest BCUT2D eigenvalue weighted by Gasteiger charge is 2.11. The number of carbonyl (C=O) groups excluding carboxylic acids is 2. The van der Waals surface area contributed by atoms with Crippen molar-refractivity contribution in [1.29, 1.82) is 0 Å². The normalized spacial score (nSPS) is 10.3. The molecular weight excluding hydrogens is 328 g/mol. The summed E-state index contributed by atoms with van der Waals surface area (Å²) < 4.78 is 5.49. The van der Waals surface area contributed by atoms with Crippen molar-refractivity contribution in [3.05, 3.63) is 58.6 Å². The molecule has 0 aliphatic carbocycles. The molecule has 1 aromatic carbocycles. The number of benzene rings is 1. The molecule has 0 aliphatic heterocycles. The quantitative estimate of drug-likeness (QED) is 0.693. The summed E-state index contributed by atoms with van der Waals surface area (Å²) in [6.07, 6.45) is 0.421. The molecule has 0 fully saturated rings. The molecule has 0 aliphatic rings. The van der Waals surface area contributed by atoms with Gasteiger partial charge in [0.25, 0.3) is 5.91 Å². The smallest absolute Gasteiger partial charge is 0.269 e. The number of carbonyl (C=O) groups is 2. The lowest BCUT2D eigenvalue weighted by Gasteiger charge is -2.06. The SMILES string of the molecule is O=C(CCc1nnc(-c2ccsc2)o1)NNC(=O)c1ccccc1. The predicted octanol–water partition coefficient (Wildman–Crippen LogP) is 2.19. The van der Waals surface area contributed by atoms with Crippen molar-refractivity contribution in [1.82, 2.24) is 21.0 Å². The molecule has 2 heterocycles. The summed E-state index contributed by atoms with van der Waals surface area (Å²) in [5.74, 6) is 0.0980. The number of nitrogens with zero attached hydrogens (tertiary/aromatic N) is 2. The van der Waals surface area contributed by atoms with Gasteiger partial charge in [-0.05, 0) is 23.6 Å². The maximum Gasteiger partial charge on any atom is 0.269 e. The van der Waals surface area contributed by atoms with Crippen LogP contribution in [0.15, 0.2) is 51.6 Å².